The van der Waals surface area contributed by atoms with Gasteiger partial charge >= 0.3 is 0 Å². The van der Waals surface area contributed by atoms with E-state index in [2.05, 4.69) is 10.3 Å². The van der Waals surface area contributed by atoms with Gasteiger partial charge in [0.2, 0.25) is 11.3 Å². The number of rotatable bonds is 5. The molecular formula is C24H17ClFN3O3. The number of ketones is 1. The molecular weight excluding hydrogens is 433 g/mol. The number of carbonyl (C=O) groups is 2. The third-order valence-electron chi connectivity index (χ3n) is 4.87. The molecule has 4 aromatic rings. The number of nitrogens with zero attached hydrogens (tertiary/aromatic N) is 2. The number of hydrogen-bond acceptors (Lipinski definition) is 4. The highest BCUT2D eigenvalue weighted by Gasteiger charge is 2.19. The Bertz CT molecular complexity index is 1410. The van der Waals surface area contributed by atoms with E-state index in [1.54, 1.807) is 37.3 Å². The number of benzene rings is 2. The average Bonchev–Trinajstić information content (AvgIpc) is 2.77. The fourth-order valence-electron chi connectivity index (χ4n) is 3.31. The number of halogens is 2. The molecule has 2 aromatic heterocycles. The Kier molecular flexibility index (Phi) is 5.83. The highest BCUT2D eigenvalue weighted by atomic mass is 35.5. The highest BCUT2D eigenvalue weighted by molar-refractivity contribution is 6.30. The molecule has 0 aliphatic heterocycles. The van der Waals surface area contributed by atoms with Crippen molar-refractivity contribution >= 4 is 40.0 Å². The Hall–Kier alpha value is -3.84. The molecule has 4 rings (SSSR count). The lowest BCUT2D eigenvalue weighted by molar-refractivity contribution is -0.116. The Morgan fingerprint density at radius 3 is 2.50 bits per heavy atom. The molecule has 2 aromatic carbocycles. The standard InChI is InChI=1S/C24H17ClFN3O3/c1-14-6-11-17-23(32)18(22(31)15-7-9-16(25)10-8-15)12-29(24(17)27-14)13-21(30)28-20-5-3-2-4-19(20)26/h2-12H,13H2,1H3,(H,28,30). The third-order valence-corrected chi connectivity index (χ3v) is 5.13. The zero-order valence-corrected chi connectivity index (χ0v) is 17.7. The minimum atomic E-state index is -0.571. The van der Waals surface area contributed by atoms with Gasteiger partial charge in [0.15, 0.2) is 5.78 Å². The molecule has 6 nitrogen and oxygen atoms in total. The van der Waals surface area contributed by atoms with Gasteiger partial charge < -0.3 is 9.88 Å². The number of anilines is 1. The molecule has 0 spiro atoms. The normalized spacial score (nSPS) is 10.8. The van der Waals surface area contributed by atoms with E-state index in [9.17, 15) is 18.8 Å². The van der Waals surface area contributed by atoms with Gasteiger partial charge in [0.25, 0.3) is 0 Å². The highest BCUT2D eigenvalue weighted by Crippen LogP contribution is 2.17. The molecule has 1 amide bonds. The van der Waals surface area contributed by atoms with Crippen LogP contribution in [0.5, 0.6) is 0 Å². The minimum Gasteiger partial charge on any atom is -0.322 e. The number of pyridine rings is 2. The van der Waals surface area contributed by atoms with E-state index >= 15 is 0 Å². The van der Waals surface area contributed by atoms with Crippen LogP contribution in [0.25, 0.3) is 11.0 Å². The van der Waals surface area contributed by atoms with Gasteiger partial charge in [-0.2, -0.15) is 0 Å². The summed E-state index contributed by atoms with van der Waals surface area (Å²) in [4.78, 5) is 43.1. The maximum Gasteiger partial charge on any atom is 0.244 e. The average molecular weight is 450 g/mol. The van der Waals surface area contributed by atoms with Gasteiger partial charge in [-0.3, -0.25) is 14.4 Å². The number of aryl methyl sites for hydroxylation is 1. The van der Waals surface area contributed by atoms with Gasteiger partial charge in [0.05, 0.1) is 16.6 Å². The molecule has 0 aliphatic rings. The Labute approximate surface area is 187 Å². The quantitative estimate of drug-likeness (QED) is 0.459. The van der Waals surface area contributed by atoms with Crippen molar-refractivity contribution in [1.82, 2.24) is 9.55 Å². The molecule has 1 N–H and O–H groups in total. The van der Waals surface area contributed by atoms with Crippen LogP contribution in [-0.2, 0) is 11.3 Å². The van der Waals surface area contributed by atoms with Crippen LogP contribution >= 0.6 is 11.6 Å². The van der Waals surface area contributed by atoms with Crippen LogP contribution in [0.1, 0.15) is 21.6 Å². The molecule has 0 fully saturated rings. The Morgan fingerprint density at radius 2 is 1.78 bits per heavy atom. The van der Waals surface area contributed by atoms with Crippen molar-refractivity contribution < 1.29 is 14.0 Å². The SMILES string of the molecule is Cc1ccc2c(=O)c(C(=O)c3ccc(Cl)cc3)cn(CC(=O)Nc3ccccc3F)c2n1. The summed E-state index contributed by atoms with van der Waals surface area (Å²) in [7, 11) is 0. The van der Waals surface area contributed by atoms with Crippen molar-refractivity contribution in [2.45, 2.75) is 13.5 Å². The summed E-state index contributed by atoms with van der Waals surface area (Å²) < 4.78 is 15.3. The maximum absolute atomic E-state index is 13.9. The summed E-state index contributed by atoms with van der Waals surface area (Å²) in [6.07, 6.45) is 1.31. The topological polar surface area (TPSA) is 81.1 Å². The summed E-state index contributed by atoms with van der Waals surface area (Å²) in [5.74, 6) is -1.61. The molecule has 2 heterocycles. The fraction of sp³-hybridized carbons (Fsp3) is 0.0833. The van der Waals surface area contributed by atoms with Crippen molar-refractivity contribution in [3.05, 3.63) is 105 Å². The van der Waals surface area contributed by atoms with E-state index in [1.807, 2.05) is 0 Å². The third kappa shape index (κ3) is 4.29. The number of carbonyl (C=O) groups excluding carboxylic acids is 2. The van der Waals surface area contributed by atoms with E-state index in [1.165, 1.54) is 41.1 Å². The van der Waals surface area contributed by atoms with Crippen molar-refractivity contribution in [2.24, 2.45) is 0 Å². The lowest BCUT2D eigenvalue weighted by atomic mass is 10.0. The van der Waals surface area contributed by atoms with Crippen LogP contribution in [0.2, 0.25) is 5.02 Å². The van der Waals surface area contributed by atoms with E-state index in [-0.39, 0.29) is 34.4 Å². The van der Waals surface area contributed by atoms with E-state index in [4.69, 9.17) is 11.6 Å². The van der Waals surface area contributed by atoms with Gasteiger partial charge in [0.1, 0.15) is 18.0 Å². The van der Waals surface area contributed by atoms with Crippen LogP contribution in [0.15, 0.2) is 71.7 Å². The summed E-state index contributed by atoms with van der Waals surface area (Å²) in [5.41, 5.74) is 0.614. The first-order chi connectivity index (χ1) is 15.3. The molecule has 0 unspecified atom stereocenters. The van der Waals surface area contributed by atoms with Crippen LogP contribution in [0.4, 0.5) is 10.1 Å². The van der Waals surface area contributed by atoms with Gasteiger partial charge in [-0.05, 0) is 55.5 Å². The van der Waals surface area contributed by atoms with Crippen molar-refractivity contribution in [3.63, 3.8) is 0 Å². The van der Waals surface area contributed by atoms with Crippen molar-refractivity contribution in [3.8, 4) is 0 Å². The Balaban J connectivity index is 1.78. The van der Waals surface area contributed by atoms with E-state index in [0.29, 0.717) is 10.7 Å². The summed E-state index contributed by atoms with van der Waals surface area (Å²) in [6.45, 7) is 1.48. The first-order valence-electron chi connectivity index (χ1n) is 9.69. The molecule has 0 saturated heterocycles. The maximum atomic E-state index is 13.9. The predicted molar refractivity (Wildman–Crippen MR) is 121 cm³/mol. The number of hydrogen-bond donors (Lipinski definition) is 1. The predicted octanol–water partition coefficient (Wildman–Crippen LogP) is 4.37. The second kappa shape index (κ2) is 8.72. The zero-order valence-electron chi connectivity index (χ0n) is 16.9. The van der Waals surface area contributed by atoms with Crippen molar-refractivity contribution in [2.75, 3.05) is 5.32 Å². The van der Waals surface area contributed by atoms with E-state index in [0.717, 1.165) is 0 Å². The van der Waals surface area contributed by atoms with Crippen molar-refractivity contribution in [1.29, 1.82) is 0 Å². The first-order valence-corrected chi connectivity index (χ1v) is 10.1. The number of nitrogens with one attached hydrogen (secondary N) is 1. The molecule has 0 saturated carbocycles. The lowest BCUT2D eigenvalue weighted by Gasteiger charge is -2.13. The molecule has 32 heavy (non-hydrogen) atoms. The zero-order chi connectivity index (χ0) is 22.8. The van der Waals surface area contributed by atoms with Crippen LogP contribution < -0.4 is 10.7 Å². The second-order valence-corrected chi connectivity index (χ2v) is 7.62. The monoisotopic (exact) mass is 449 g/mol. The van der Waals surface area contributed by atoms with Gasteiger partial charge in [-0.25, -0.2) is 9.37 Å². The molecule has 8 heteroatoms. The molecule has 0 aliphatic carbocycles. The smallest absolute Gasteiger partial charge is 0.244 e. The van der Waals surface area contributed by atoms with Crippen LogP contribution in [-0.4, -0.2) is 21.2 Å². The number of aromatic nitrogens is 2. The van der Waals surface area contributed by atoms with Crippen LogP contribution in [0, 0.1) is 12.7 Å². The number of para-hydroxylation sites is 1. The fourth-order valence-corrected chi connectivity index (χ4v) is 3.43. The summed E-state index contributed by atoms with van der Waals surface area (Å²) in [5, 5.41) is 3.16. The molecule has 0 atom stereocenters. The second-order valence-electron chi connectivity index (χ2n) is 7.19. The largest absolute Gasteiger partial charge is 0.322 e. The lowest BCUT2D eigenvalue weighted by Crippen LogP contribution is -2.25. The van der Waals surface area contributed by atoms with Gasteiger partial charge in [0, 0.05) is 22.5 Å². The Morgan fingerprint density at radius 1 is 1.06 bits per heavy atom. The summed E-state index contributed by atoms with van der Waals surface area (Å²) >= 11 is 5.89. The number of amides is 1. The molecule has 0 bridgehead atoms. The summed E-state index contributed by atoms with van der Waals surface area (Å²) in [6, 6.07) is 15.2. The molecule has 160 valence electrons. The van der Waals surface area contributed by atoms with E-state index < -0.39 is 22.9 Å². The molecule has 0 radical (unpaired) electrons. The van der Waals surface area contributed by atoms with Crippen LogP contribution in [0.3, 0.4) is 0 Å². The number of fused-ring (bicyclic) bond motifs is 1. The van der Waals surface area contributed by atoms with Gasteiger partial charge in [-0.15, -0.1) is 0 Å². The first kappa shape index (κ1) is 21.4. The van der Waals surface area contributed by atoms with Gasteiger partial charge in [-0.1, -0.05) is 23.7 Å². The minimum absolute atomic E-state index is 0.0319.